The maximum Gasteiger partial charge on any atom is 0.257 e. The van der Waals surface area contributed by atoms with E-state index in [1.54, 1.807) is 18.3 Å². The molecule has 0 saturated heterocycles. The lowest BCUT2D eigenvalue weighted by molar-refractivity contribution is 0.0935. The minimum absolute atomic E-state index is 0.132. The Hall–Kier alpha value is -2.56. The van der Waals surface area contributed by atoms with Crippen molar-refractivity contribution >= 4 is 5.91 Å². The van der Waals surface area contributed by atoms with Crippen molar-refractivity contribution < 1.29 is 14.3 Å². The Kier molecular flexibility index (Phi) is 5.97. The van der Waals surface area contributed by atoms with Crippen LogP contribution in [0.1, 0.15) is 42.7 Å². The third-order valence-electron chi connectivity index (χ3n) is 3.34. The topological polar surface area (TPSA) is 60.5 Å². The van der Waals surface area contributed by atoms with E-state index in [0.29, 0.717) is 24.7 Å². The lowest BCUT2D eigenvalue weighted by Crippen LogP contribution is -2.27. The number of nitrogens with one attached hydrogen (secondary N) is 1. The molecule has 2 rings (SSSR count). The largest absolute Gasteiger partial charge is 0.494 e. The van der Waals surface area contributed by atoms with Crippen LogP contribution in [0.4, 0.5) is 0 Å². The first-order valence-corrected chi connectivity index (χ1v) is 7.77. The van der Waals surface area contributed by atoms with Gasteiger partial charge in [0.05, 0.1) is 19.3 Å². The maximum atomic E-state index is 12.4. The van der Waals surface area contributed by atoms with Crippen molar-refractivity contribution in [1.29, 1.82) is 0 Å². The van der Waals surface area contributed by atoms with E-state index in [2.05, 4.69) is 10.3 Å². The Morgan fingerprint density at radius 3 is 2.48 bits per heavy atom. The van der Waals surface area contributed by atoms with E-state index in [1.807, 2.05) is 45.0 Å². The highest BCUT2D eigenvalue weighted by molar-refractivity contribution is 5.96. The molecule has 0 unspecified atom stereocenters. The van der Waals surface area contributed by atoms with Gasteiger partial charge in [-0.05, 0) is 50.6 Å². The zero-order valence-electron chi connectivity index (χ0n) is 13.7. The van der Waals surface area contributed by atoms with Gasteiger partial charge in [-0.2, -0.15) is 0 Å². The molecule has 1 heterocycles. The van der Waals surface area contributed by atoms with Crippen molar-refractivity contribution in [1.82, 2.24) is 10.3 Å². The summed E-state index contributed by atoms with van der Waals surface area (Å²) in [6, 6.07) is 11.0. The number of carbonyl (C=O) groups is 1. The number of benzene rings is 1. The predicted octanol–water partition coefficient (Wildman–Crippen LogP) is 3.37. The summed E-state index contributed by atoms with van der Waals surface area (Å²) in [6.45, 7) is 6.84. The van der Waals surface area contributed by atoms with E-state index in [0.717, 1.165) is 11.3 Å². The summed E-state index contributed by atoms with van der Waals surface area (Å²) in [6.07, 6.45) is 1.61. The molecule has 0 spiro atoms. The molecule has 1 N–H and O–H groups in total. The van der Waals surface area contributed by atoms with Crippen LogP contribution in [0.15, 0.2) is 42.6 Å². The van der Waals surface area contributed by atoms with Gasteiger partial charge in [-0.1, -0.05) is 12.1 Å². The van der Waals surface area contributed by atoms with Crippen LogP contribution in [0.3, 0.4) is 0 Å². The summed E-state index contributed by atoms with van der Waals surface area (Å²) >= 11 is 0. The average Bonchev–Trinajstić information content (AvgIpc) is 2.56. The van der Waals surface area contributed by atoms with Gasteiger partial charge in [0.15, 0.2) is 0 Å². The molecule has 0 saturated carbocycles. The molecule has 122 valence electrons. The van der Waals surface area contributed by atoms with Crippen molar-refractivity contribution in [3.8, 4) is 11.6 Å². The Morgan fingerprint density at radius 2 is 1.83 bits per heavy atom. The molecule has 5 heteroatoms. The predicted molar refractivity (Wildman–Crippen MR) is 88.9 cm³/mol. The molecule has 23 heavy (non-hydrogen) atoms. The number of carbonyl (C=O) groups excluding carboxylic acids is 1. The average molecular weight is 314 g/mol. The number of hydrogen-bond donors (Lipinski definition) is 1. The van der Waals surface area contributed by atoms with Gasteiger partial charge >= 0.3 is 0 Å². The van der Waals surface area contributed by atoms with Crippen LogP contribution in [0.25, 0.3) is 0 Å². The van der Waals surface area contributed by atoms with E-state index in [9.17, 15) is 4.79 Å². The van der Waals surface area contributed by atoms with E-state index in [1.165, 1.54) is 0 Å². The fourth-order valence-electron chi connectivity index (χ4n) is 2.19. The molecule has 1 aromatic heterocycles. The normalized spacial score (nSPS) is 11.6. The fourth-order valence-corrected chi connectivity index (χ4v) is 2.19. The summed E-state index contributed by atoms with van der Waals surface area (Å²) in [5, 5.41) is 2.96. The smallest absolute Gasteiger partial charge is 0.257 e. The second-order valence-electron chi connectivity index (χ2n) is 4.99. The molecule has 1 atom stereocenters. The second-order valence-corrected chi connectivity index (χ2v) is 4.99. The first-order valence-electron chi connectivity index (χ1n) is 7.77. The van der Waals surface area contributed by atoms with Gasteiger partial charge in [-0.25, -0.2) is 4.98 Å². The number of hydrogen-bond acceptors (Lipinski definition) is 4. The monoisotopic (exact) mass is 314 g/mol. The molecule has 1 aromatic carbocycles. The second kappa shape index (κ2) is 8.17. The number of aromatic nitrogens is 1. The lowest BCUT2D eigenvalue weighted by Gasteiger charge is -2.16. The number of amides is 1. The Labute approximate surface area is 136 Å². The van der Waals surface area contributed by atoms with Crippen molar-refractivity contribution in [2.75, 3.05) is 13.2 Å². The highest BCUT2D eigenvalue weighted by Gasteiger charge is 2.16. The van der Waals surface area contributed by atoms with Crippen LogP contribution in [-0.2, 0) is 0 Å². The zero-order chi connectivity index (χ0) is 16.7. The fraction of sp³-hybridized carbons (Fsp3) is 0.333. The van der Waals surface area contributed by atoms with Gasteiger partial charge in [0.25, 0.3) is 5.91 Å². The van der Waals surface area contributed by atoms with Gasteiger partial charge in [-0.3, -0.25) is 4.79 Å². The lowest BCUT2D eigenvalue weighted by atomic mass is 10.1. The molecule has 0 radical (unpaired) electrons. The quantitative estimate of drug-likeness (QED) is 0.851. The van der Waals surface area contributed by atoms with Crippen LogP contribution >= 0.6 is 0 Å². The van der Waals surface area contributed by atoms with Crippen LogP contribution in [-0.4, -0.2) is 24.1 Å². The Morgan fingerprint density at radius 1 is 1.13 bits per heavy atom. The van der Waals surface area contributed by atoms with Crippen LogP contribution in [0, 0.1) is 0 Å². The van der Waals surface area contributed by atoms with E-state index < -0.39 is 0 Å². The number of nitrogens with zero attached hydrogens (tertiary/aromatic N) is 1. The summed E-state index contributed by atoms with van der Waals surface area (Å²) in [5.41, 5.74) is 1.44. The van der Waals surface area contributed by atoms with Crippen LogP contribution in [0.5, 0.6) is 11.6 Å². The molecule has 0 aliphatic rings. The molecule has 0 aliphatic carbocycles. The highest BCUT2D eigenvalue weighted by Crippen LogP contribution is 2.20. The van der Waals surface area contributed by atoms with E-state index in [4.69, 9.17) is 9.47 Å². The first kappa shape index (κ1) is 16.8. The van der Waals surface area contributed by atoms with E-state index >= 15 is 0 Å². The van der Waals surface area contributed by atoms with Crippen molar-refractivity contribution in [3.63, 3.8) is 0 Å². The Balaban J connectivity index is 2.07. The molecule has 1 amide bonds. The highest BCUT2D eigenvalue weighted by atomic mass is 16.5. The molecule has 0 fully saturated rings. The number of ether oxygens (including phenoxy) is 2. The number of pyridine rings is 1. The Bertz CT molecular complexity index is 641. The summed E-state index contributed by atoms with van der Waals surface area (Å²) < 4.78 is 10.8. The van der Waals surface area contributed by atoms with Crippen molar-refractivity contribution in [2.45, 2.75) is 26.8 Å². The summed E-state index contributed by atoms with van der Waals surface area (Å²) in [4.78, 5) is 16.5. The van der Waals surface area contributed by atoms with Gasteiger partial charge < -0.3 is 14.8 Å². The maximum absolute atomic E-state index is 12.4. The third kappa shape index (κ3) is 4.45. The first-order chi connectivity index (χ1) is 11.2. The minimum Gasteiger partial charge on any atom is -0.494 e. The van der Waals surface area contributed by atoms with Crippen molar-refractivity contribution in [3.05, 3.63) is 53.7 Å². The SMILES string of the molecule is CCOc1ccc([C@H](C)NC(=O)c2cccnc2OCC)cc1. The summed E-state index contributed by atoms with van der Waals surface area (Å²) in [5.74, 6) is 0.968. The molecule has 2 aromatic rings. The van der Waals surface area contributed by atoms with Gasteiger partial charge in [0, 0.05) is 6.20 Å². The molecular formula is C18H22N2O3. The molecular weight excluding hydrogens is 292 g/mol. The molecule has 0 bridgehead atoms. The van der Waals surface area contributed by atoms with Crippen LogP contribution < -0.4 is 14.8 Å². The van der Waals surface area contributed by atoms with Gasteiger partial charge in [-0.15, -0.1) is 0 Å². The van der Waals surface area contributed by atoms with E-state index in [-0.39, 0.29) is 11.9 Å². The van der Waals surface area contributed by atoms with Gasteiger partial charge in [0.2, 0.25) is 5.88 Å². The van der Waals surface area contributed by atoms with Crippen molar-refractivity contribution in [2.24, 2.45) is 0 Å². The number of rotatable bonds is 7. The standard InChI is InChI=1S/C18H22N2O3/c1-4-22-15-10-8-14(9-11-15)13(3)20-17(21)16-7-6-12-19-18(16)23-5-2/h6-13H,4-5H2,1-3H3,(H,20,21)/t13-/m0/s1. The zero-order valence-corrected chi connectivity index (χ0v) is 13.7. The summed E-state index contributed by atoms with van der Waals surface area (Å²) in [7, 11) is 0. The van der Waals surface area contributed by atoms with Crippen LogP contribution in [0.2, 0.25) is 0 Å². The molecule has 5 nitrogen and oxygen atoms in total. The van der Waals surface area contributed by atoms with Gasteiger partial charge in [0.1, 0.15) is 11.3 Å². The molecule has 0 aliphatic heterocycles. The third-order valence-corrected chi connectivity index (χ3v) is 3.34. The minimum atomic E-state index is -0.206.